The average molecular weight is 217 g/mol. The van der Waals surface area contributed by atoms with Crippen LogP contribution in [-0.4, -0.2) is 12.1 Å². The molecule has 0 saturated heterocycles. The summed E-state index contributed by atoms with van der Waals surface area (Å²) in [6.45, 7) is 5.13. The van der Waals surface area contributed by atoms with Crippen molar-refractivity contribution in [3.63, 3.8) is 0 Å². The predicted molar refractivity (Wildman–Crippen MR) is 64.8 cm³/mol. The highest BCUT2D eigenvalue weighted by Gasteiger charge is 2.41. The van der Waals surface area contributed by atoms with Crippen molar-refractivity contribution >= 4 is 0 Å². The molecule has 86 valence electrons. The quantitative estimate of drug-likeness (QED) is 0.826. The van der Waals surface area contributed by atoms with Crippen molar-refractivity contribution < 1.29 is 4.74 Å². The third kappa shape index (κ3) is 1.52. The predicted octanol–water partition coefficient (Wildman–Crippen LogP) is 2.46. The minimum Gasteiger partial charge on any atom is -0.487 e. The third-order valence-electron chi connectivity index (χ3n) is 3.78. The van der Waals surface area contributed by atoms with Crippen LogP contribution < -0.4 is 10.5 Å². The Morgan fingerprint density at radius 1 is 1.44 bits per heavy atom. The number of ether oxygens (including phenoxy) is 1. The van der Waals surface area contributed by atoms with Gasteiger partial charge in [0.25, 0.3) is 0 Å². The van der Waals surface area contributed by atoms with Gasteiger partial charge in [0, 0.05) is 12.0 Å². The molecule has 0 aromatic heterocycles. The highest BCUT2D eigenvalue weighted by atomic mass is 16.5. The van der Waals surface area contributed by atoms with Crippen molar-refractivity contribution in [2.75, 3.05) is 6.54 Å². The molecule has 1 saturated carbocycles. The summed E-state index contributed by atoms with van der Waals surface area (Å²) < 4.78 is 5.95. The SMILES string of the molecule is CC1(C)Cc2c(cccc2C2CC2CN)O1. The van der Waals surface area contributed by atoms with E-state index in [9.17, 15) is 0 Å². The molecule has 1 aromatic carbocycles. The van der Waals surface area contributed by atoms with Gasteiger partial charge in [-0.05, 0) is 50.3 Å². The van der Waals surface area contributed by atoms with Crippen LogP contribution in [0.15, 0.2) is 18.2 Å². The summed E-state index contributed by atoms with van der Waals surface area (Å²) in [5.74, 6) is 2.48. The van der Waals surface area contributed by atoms with Gasteiger partial charge in [-0.1, -0.05) is 12.1 Å². The van der Waals surface area contributed by atoms with Crippen molar-refractivity contribution in [3.05, 3.63) is 29.3 Å². The van der Waals surface area contributed by atoms with Gasteiger partial charge in [-0.25, -0.2) is 0 Å². The molecule has 0 radical (unpaired) electrons. The van der Waals surface area contributed by atoms with Gasteiger partial charge in [0.05, 0.1) is 0 Å². The average Bonchev–Trinajstić information content (AvgIpc) is 2.92. The molecule has 1 heterocycles. The molecule has 0 amide bonds. The molecule has 16 heavy (non-hydrogen) atoms. The molecule has 3 rings (SSSR count). The van der Waals surface area contributed by atoms with Crippen LogP contribution in [0.3, 0.4) is 0 Å². The van der Waals surface area contributed by atoms with Gasteiger partial charge in [0.1, 0.15) is 11.4 Å². The Morgan fingerprint density at radius 2 is 2.25 bits per heavy atom. The van der Waals surface area contributed by atoms with E-state index in [0.29, 0.717) is 11.8 Å². The zero-order valence-electron chi connectivity index (χ0n) is 9.99. The molecule has 0 spiro atoms. The fraction of sp³-hybridized carbons (Fsp3) is 0.571. The molecule has 2 unspecified atom stereocenters. The number of nitrogens with two attached hydrogens (primary N) is 1. The molecule has 1 aliphatic heterocycles. The largest absolute Gasteiger partial charge is 0.487 e. The van der Waals surface area contributed by atoms with Gasteiger partial charge < -0.3 is 10.5 Å². The summed E-state index contributed by atoms with van der Waals surface area (Å²) >= 11 is 0. The Kier molecular flexibility index (Phi) is 2.05. The molecule has 2 heteroatoms. The summed E-state index contributed by atoms with van der Waals surface area (Å²) in [6, 6.07) is 6.46. The van der Waals surface area contributed by atoms with Crippen LogP contribution >= 0.6 is 0 Å². The molecule has 2 aliphatic rings. The highest BCUT2D eigenvalue weighted by molar-refractivity contribution is 5.48. The minimum absolute atomic E-state index is 0.0362. The maximum atomic E-state index is 5.95. The van der Waals surface area contributed by atoms with E-state index in [-0.39, 0.29) is 5.60 Å². The van der Waals surface area contributed by atoms with E-state index in [0.717, 1.165) is 18.7 Å². The van der Waals surface area contributed by atoms with Crippen LogP contribution in [0.4, 0.5) is 0 Å². The summed E-state index contributed by atoms with van der Waals surface area (Å²) in [7, 11) is 0. The molecule has 2 atom stereocenters. The van der Waals surface area contributed by atoms with Crippen molar-refractivity contribution in [1.29, 1.82) is 0 Å². The van der Waals surface area contributed by atoms with Crippen molar-refractivity contribution in [3.8, 4) is 5.75 Å². The van der Waals surface area contributed by atoms with Crippen LogP contribution in [0, 0.1) is 5.92 Å². The minimum atomic E-state index is -0.0362. The Morgan fingerprint density at radius 3 is 2.94 bits per heavy atom. The number of benzene rings is 1. The maximum Gasteiger partial charge on any atom is 0.123 e. The first-order chi connectivity index (χ1) is 7.61. The van der Waals surface area contributed by atoms with Crippen LogP contribution in [0.2, 0.25) is 0 Å². The lowest BCUT2D eigenvalue weighted by Crippen LogP contribution is -2.24. The molecule has 2 N–H and O–H groups in total. The molecule has 2 nitrogen and oxygen atoms in total. The van der Waals surface area contributed by atoms with Gasteiger partial charge in [0.2, 0.25) is 0 Å². The fourth-order valence-corrected chi connectivity index (χ4v) is 2.86. The van der Waals surface area contributed by atoms with E-state index in [4.69, 9.17) is 10.5 Å². The van der Waals surface area contributed by atoms with Crippen molar-refractivity contribution in [2.24, 2.45) is 11.7 Å². The Balaban J connectivity index is 1.95. The molecular formula is C14H19NO. The second-order valence-electron chi connectivity index (χ2n) is 5.70. The van der Waals surface area contributed by atoms with Gasteiger partial charge in [-0.2, -0.15) is 0 Å². The van der Waals surface area contributed by atoms with E-state index in [1.54, 1.807) is 0 Å². The van der Waals surface area contributed by atoms with Gasteiger partial charge in [-0.3, -0.25) is 0 Å². The summed E-state index contributed by atoms with van der Waals surface area (Å²) in [4.78, 5) is 0. The van der Waals surface area contributed by atoms with Gasteiger partial charge >= 0.3 is 0 Å². The van der Waals surface area contributed by atoms with Crippen LogP contribution in [0.1, 0.15) is 37.3 Å². The van der Waals surface area contributed by atoms with Crippen molar-refractivity contribution in [2.45, 2.75) is 38.2 Å². The van der Waals surface area contributed by atoms with Gasteiger partial charge in [0.15, 0.2) is 0 Å². The van der Waals surface area contributed by atoms with Gasteiger partial charge in [-0.15, -0.1) is 0 Å². The Bertz CT molecular complexity index is 425. The van der Waals surface area contributed by atoms with Crippen molar-refractivity contribution in [1.82, 2.24) is 0 Å². The first-order valence-electron chi connectivity index (χ1n) is 6.11. The zero-order valence-corrected chi connectivity index (χ0v) is 9.99. The monoisotopic (exact) mass is 217 g/mol. The zero-order chi connectivity index (χ0) is 11.3. The van der Waals surface area contributed by atoms with E-state index >= 15 is 0 Å². The van der Waals surface area contributed by atoms with Crippen LogP contribution in [0.25, 0.3) is 0 Å². The van der Waals surface area contributed by atoms with E-state index in [2.05, 4.69) is 32.0 Å². The highest BCUT2D eigenvalue weighted by Crippen LogP contribution is 2.51. The smallest absolute Gasteiger partial charge is 0.123 e. The molecule has 0 bridgehead atoms. The number of fused-ring (bicyclic) bond motifs is 1. The molecule has 1 aromatic rings. The molecule has 1 aliphatic carbocycles. The third-order valence-corrected chi connectivity index (χ3v) is 3.78. The first-order valence-corrected chi connectivity index (χ1v) is 6.11. The van der Waals surface area contributed by atoms with E-state index in [1.165, 1.54) is 17.5 Å². The molecular weight excluding hydrogens is 198 g/mol. The normalized spacial score (nSPS) is 29.7. The number of hydrogen-bond acceptors (Lipinski definition) is 2. The van der Waals surface area contributed by atoms with Crippen LogP contribution in [0.5, 0.6) is 5.75 Å². The Hall–Kier alpha value is -1.02. The second-order valence-corrected chi connectivity index (χ2v) is 5.70. The lowest BCUT2D eigenvalue weighted by atomic mass is 9.94. The maximum absolute atomic E-state index is 5.95. The fourth-order valence-electron chi connectivity index (χ4n) is 2.86. The number of hydrogen-bond donors (Lipinski definition) is 1. The van der Waals surface area contributed by atoms with E-state index < -0.39 is 0 Å². The summed E-state index contributed by atoms with van der Waals surface area (Å²) in [5, 5.41) is 0. The lowest BCUT2D eigenvalue weighted by Gasteiger charge is -2.16. The lowest BCUT2D eigenvalue weighted by molar-refractivity contribution is 0.138. The molecule has 1 fully saturated rings. The number of rotatable bonds is 2. The standard InChI is InChI=1S/C14H19NO/c1-14(2)7-12-10(11-6-9(11)8-15)4-3-5-13(12)16-14/h3-5,9,11H,6-8,15H2,1-2H3. The van der Waals surface area contributed by atoms with Crippen LogP contribution in [-0.2, 0) is 6.42 Å². The second kappa shape index (κ2) is 3.24. The summed E-state index contributed by atoms with van der Waals surface area (Å²) in [6.07, 6.45) is 2.29. The van der Waals surface area contributed by atoms with E-state index in [1.807, 2.05) is 0 Å². The Labute approximate surface area is 96.8 Å². The first kappa shape index (κ1) is 10.2. The summed E-state index contributed by atoms with van der Waals surface area (Å²) in [5.41, 5.74) is 8.60. The topological polar surface area (TPSA) is 35.2 Å².